The number of nitrogens with zero attached hydrogens (tertiary/aromatic N) is 1. The van der Waals surface area contributed by atoms with E-state index in [4.69, 9.17) is 0 Å². The summed E-state index contributed by atoms with van der Waals surface area (Å²) in [6.07, 6.45) is 1.87. The molecule has 0 aliphatic carbocycles. The quantitative estimate of drug-likeness (QED) is 0.792. The van der Waals surface area contributed by atoms with Crippen molar-refractivity contribution in [1.82, 2.24) is 10.3 Å². The zero-order chi connectivity index (χ0) is 10.6. The zero-order valence-corrected chi connectivity index (χ0v) is 9.49. The van der Waals surface area contributed by atoms with Gasteiger partial charge in [-0.05, 0) is 32.0 Å². The predicted molar refractivity (Wildman–Crippen MR) is 60.3 cm³/mol. The van der Waals surface area contributed by atoms with Crippen LogP contribution in [0.25, 0.3) is 0 Å². The van der Waals surface area contributed by atoms with Gasteiger partial charge in [0, 0.05) is 23.9 Å². The second-order valence-electron chi connectivity index (χ2n) is 4.10. The van der Waals surface area contributed by atoms with Crippen molar-refractivity contribution in [1.29, 1.82) is 0 Å². The lowest BCUT2D eigenvalue weighted by atomic mass is 9.86. The van der Waals surface area contributed by atoms with E-state index in [2.05, 4.69) is 43.2 Å². The molecule has 0 aliphatic heterocycles. The number of aromatic nitrogens is 1. The van der Waals surface area contributed by atoms with Crippen LogP contribution in [0.15, 0.2) is 24.4 Å². The number of hydrogen-bond donors (Lipinski definition) is 1. The first-order chi connectivity index (χ1) is 6.66. The van der Waals surface area contributed by atoms with Crippen LogP contribution in [0, 0.1) is 5.92 Å². The van der Waals surface area contributed by atoms with Crippen LogP contribution in [0.5, 0.6) is 0 Å². The van der Waals surface area contributed by atoms with Gasteiger partial charge in [0.15, 0.2) is 0 Å². The van der Waals surface area contributed by atoms with Gasteiger partial charge in [0.1, 0.15) is 0 Å². The molecule has 2 unspecified atom stereocenters. The number of nitrogens with one attached hydrogen (secondary N) is 1. The fraction of sp³-hybridized carbons (Fsp3) is 0.583. The molecule has 78 valence electrons. The number of pyridine rings is 1. The van der Waals surface area contributed by atoms with E-state index >= 15 is 0 Å². The normalized spacial score (nSPS) is 15.5. The van der Waals surface area contributed by atoms with Crippen LogP contribution in [-0.2, 0) is 0 Å². The van der Waals surface area contributed by atoms with Gasteiger partial charge in [0.25, 0.3) is 0 Å². The second-order valence-corrected chi connectivity index (χ2v) is 4.10. The van der Waals surface area contributed by atoms with Crippen LogP contribution in [0.3, 0.4) is 0 Å². The third-order valence-corrected chi connectivity index (χ3v) is 2.74. The van der Waals surface area contributed by atoms with Gasteiger partial charge < -0.3 is 5.32 Å². The Kier molecular flexibility index (Phi) is 4.08. The molecule has 1 aromatic heterocycles. The summed E-state index contributed by atoms with van der Waals surface area (Å²) in [5.41, 5.74) is 1.18. The molecule has 2 heteroatoms. The Bertz CT molecular complexity index is 256. The Labute approximate surface area is 86.8 Å². The summed E-state index contributed by atoms with van der Waals surface area (Å²) in [6.45, 7) is 6.69. The van der Waals surface area contributed by atoms with E-state index < -0.39 is 0 Å². The van der Waals surface area contributed by atoms with E-state index in [1.807, 2.05) is 19.3 Å². The molecule has 0 spiro atoms. The summed E-state index contributed by atoms with van der Waals surface area (Å²) in [5, 5.41) is 3.30. The molecule has 1 heterocycles. The molecular weight excluding hydrogens is 172 g/mol. The molecule has 2 atom stereocenters. The minimum atomic E-state index is 0.463. The van der Waals surface area contributed by atoms with Gasteiger partial charge in [0.2, 0.25) is 0 Å². The van der Waals surface area contributed by atoms with Gasteiger partial charge in [0.05, 0.1) is 0 Å². The van der Waals surface area contributed by atoms with Crippen LogP contribution >= 0.6 is 0 Å². The molecule has 1 rings (SSSR count). The van der Waals surface area contributed by atoms with Crippen molar-refractivity contribution in [2.45, 2.75) is 32.7 Å². The van der Waals surface area contributed by atoms with Crippen molar-refractivity contribution < 1.29 is 0 Å². The van der Waals surface area contributed by atoms with E-state index in [-0.39, 0.29) is 0 Å². The summed E-state index contributed by atoms with van der Waals surface area (Å²) >= 11 is 0. The molecule has 14 heavy (non-hydrogen) atoms. The highest BCUT2D eigenvalue weighted by Gasteiger charge is 2.22. The van der Waals surface area contributed by atoms with Gasteiger partial charge in [-0.1, -0.05) is 19.9 Å². The first-order valence-electron chi connectivity index (χ1n) is 5.25. The van der Waals surface area contributed by atoms with E-state index in [1.165, 1.54) is 5.69 Å². The molecule has 0 fully saturated rings. The first kappa shape index (κ1) is 11.2. The van der Waals surface area contributed by atoms with Crippen molar-refractivity contribution in [3.8, 4) is 0 Å². The van der Waals surface area contributed by atoms with Gasteiger partial charge in [-0.2, -0.15) is 0 Å². The molecule has 1 N–H and O–H groups in total. The van der Waals surface area contributed by atoms with Crippen LogP contribution in [0.2, 0.25) is 0 Å². The Balaban J connectivity index is 2.89. The van der Waals surface area contributed by atoms with Gasteiger partial charge in [-0.15, -0.1) is 0 Å². The highest BCUT2D eigenvalue weighted by Crippen LogP contribution is 2.25. The zero-order valence-electron chi connectivity index (χ0n) is 9.49. The number of rotatable bonds is 4. The lowest BCUT2D eigenvalue weighted by Gasteiger charge is -2.26. The maximum Gasteiger partial charge on any atom is 0.0452 e. The molecule has 0 radical (unpaired) electrons. The fourth-order valence-electron chi connectivity index (χ4n) is 1.93. The molecule has 0 bridgehead atoms. The average molecular weight is 192 g/mol. The van der Waals surface area contributed by atoms with Crippen LogP contribution < -0.4 is 5.32 Å². The van der Waals surface area contributed by atoms with Crippen molar-refractivity contribution >= 4 is 0 Å². The Morgan fingerprint density at radius 3 is 2.36 bits per heavy atom. The Morgan fingerprint density at radius 1 is 1.21 bits per heavy atom. The molecule has 0 saturated carbocycles. The van der Waals surface area contributed by atoms with Crippen molar-refractivity contribution in [2.75, 3.05) is 7.05 Å². The fourth-order valence-corrected chi connectivity index (χ4v) is 1.93. The molecular formula is C12H20N2. The average Bonchev–Trinajstić information content (AvgIpc) is 2.19. The van der Waals surface area contributed by atoms with Crippen LogP contribution in [-0.4, -0.2) is 18.1 Å². The minimum absolute atomic E-state index is 0.463. The minimum Gasteiger partial charge on any atom is -0.317 e. The SMILES string of the molecule is CNC(C)C(c1ccccn1)C(C)C. The number of hydrogen-bond acceptors (Lipinski definition) is 2. The third kappa shape index (κ3) is 2.55. The van der Waals surface area contributed by atoms with E-state index in [1.54, 1.807) is 0 Å². The summed E-state index contributed by atoms with van der Waals surface area (Å²) in [4.78, 5) is 4.43. The van der Waals surface area contributed by atoms with E-state index in [9.17, 15) is 0 Å². The van der Waals surface area contributed by atoms with Crippen molar-refractivity contribution in [3.05, 3.63) is 30.1 Å². The van der Waals surface area contributed by atoms with E-state index in [0.717, 1.165) is 0 Å². The molecule has 2 nitrogen and oxygen atoms in total. The monoisotopic (exact) mass is 192 g/mol. The largest absolute Gasteiger partial charge is 0.317 e. The van der Waals surface area contributed by atoms with Crippen LogP contribution in [0.4, 0.5) is 0 Å². The summed E-state index contributed by atoms with van der Waals surface area (Å²) in [7, 11) is 2.00. The molecule has 0 saturated heterocycles. The van der Waals surface area contributed by atoms with E-state index in [0.29, 0.717) is 17.9 Å². The maximum atomic E-state index is 4.43. The van der Waals surface area contributed by atoms with Gasteiger partial charge in [-0.25, -0.2) is 0 Å². The lowest BCUT2D eigenvalue weighted by Crippen LogP contribution is -2.32. The molecule has 1 aromatic rings. The predicted octanol–water partition coefficient (Wildman–Crippen LogP) is 2.43. The summed E-state index contributed by atoms with van der Waals surface area (Å²) < 4.78 is 0. The topological polar surface area (TPSA) is 24.9 Å². The molecule has 0 aliphatic rings. The number of likely N-dealkylation sites (N-methyl/N-ethyl adjacent to an activating group) is 1. The molecule has 0 aromatic carbocycles. The van der Waals surface area contributed by atoms with Crippen LogP contribution in [0.1, 0.15) is 32.4 Å². The van der Waals surface area contributed by atoms with Crippen molar-refractivity contribution in [2.24, 2.45) is 5.92 Å². The van der Waals surface area contributed by atoms with Gasteiger partial charge in [-0.3, -0.25) is 4.98 Å². The molecule has 0 amide bonds. The Hall–Kier alpha value is -0.890. The summed E-state index contributed by atoms with van der Waals surface area (Å²) in [6, 6.07) is 6.59. The van der Waals surface area contributed by atoms with Crippen molar-refractivity contribution in [3.63, 3.8) is 0 Å². The standard InChI is InChI=1S/C12H20N2/c1-9(2)12(10(3)13-4)11-7-5-6-8-14-11/h5-10,12-13H,1-4H3. The van der Waals surface area contributed by atoms with Gasteiger partial charge >= 0.3 is 0 Å². The highest BCUT2D eigenvalue weighted by atomic mass is 14.9. The smallest absolute Gasteiger partial charge is 0.0452 e. The Morgan fingerprint density at radius 2 is 1.93 bits per heavy atom. The summed E-state index contributed by atoms with van der Waals surface area (Å²) in [5.74, 6) is 1.09. The highest BCUT2D eigenvalue weighted by molar-refractivity contribution is 5.12. The first-order valence-corrected chi connectivity index (χ1v) is 5.25. The second kappa shape index (κ2) is 5.11. The lowest BCUT2D eigenvalue weighted by molar-refractivity contribution is 0.388. The third-order valence-electron chi connectivity index (χ3n) is 2.74. The maximum absolute atomic E-state index is 4.43.